The molecule has 0 aromatic heterocycles. The number of quaternary nitrogens is 1. The monoisotopic (exact) mass is 346 g/mol. The van der Waals surface area contributed by atoms with Crippen LogP contribution in [-0.2, 0) is 11.2 Å². The van der Waals surface area contributed by atoms with Crippen LogP contribution in [0.1, 0.15) is 57.7 Å². The lowest BCUT2D eigenvalue weighted by Gasteiger charge is -2.25. The number of carbonyl (C=O) groups is 2. The highest BCUT2D eigenvalue weighted by Gasteiger charge is 2.33. The number of hydrogen-bond acceptors (Lipinski definition) is 2. The number of hydrogen-bond donors (Lipinski definition) is 2. The van der Waals surface area contributed by atoms with Crippen molar-refractivity contribution in [2.45, 2.75) is 59.0 Å². The summed E-state index contributed by atoms with van der Waals surface area (Å²) in [7, 11) is 0. The second-order valence-electron chi connectivity index (χ2n) is 7.32. The first kappa shape index (κ1) is 19.4. The fourth-order valence-corrected chi connectivity index (χ4v) is 3.33. The standard InChI is InChI=1S/C20H31N3O2/c1-5-6-7-16-8-10-17(11-9-16)18(14(2)3)22-15(4)19(24)23-13-12-21-20(23)25/h8-11,14-15,18,22H,5-7,12-13H2,1-4H3,(H,21,25)/p+1/t15-,18+/m1/s1. The molecule has 0 aliphatic carbocycles. The van der Waals surface area contributed by atoms with Crippen LogP contribution in [0.3, 0.4) is 0 Å². The van der Waals surface area contributed by atoms with E-state index < -0.39 is 0 Å². The molecule has 138 valence electrons. The lowest BCUT2D eigenvalue weighted by molar-refractivity contribution is -0.719. The van der Waals surface area contributed by atoms with Crippen molar-refractivity contribution < 1.29 is 14.9 Å². The van der Waals surface area contributed by atoms with Crippen LogP contribution in [0.25, 0.3) is 0 Å². The second kappa shape index (κ2) is 8.99. The molecule has 0 bridgehead atoms. The minimum atomic E-state index is -0.281. The Morgan fingerprint density at radius 2 is 1.92 bits per heavy atom. The van der Waals surface area contributed by atoms with Crippen LogP contribution < -0.4 is 10.6 Å². The molecule has 1 aliphatic rings. The Hall–Kier alpha value is -1.88. The van der Waals surface area contributed by atoms with E-state index in [2.05, 4.69) is 55.7 Å². The fourth-order valence-electron chi connectivity index (χ4n) is 3.33. The van der Waals surface area contributed by atoms with Crippen LogP contribution >= 0.6 is 0 Å². The van der Waals surface area contributed by atoms with E-state index in [-0.39, 0.29) is 24.0 Å². The Bertz CT molecular complexity index is 583. The van der Waals surface area contributed by atoms with E-state index in [9.17, 15) is 9.59 Å². The number of rotatable bonds is 8. The molecule has 2 atom stereocenters. The second-order valence-corrected chi connectivity index (χ2v) is 7.32. The Labute approximate surface area is 151 Å². The number of imide groups is 1. The molecule has 0 saturated carbocycles. The van der Waals surface area contributed by atoms with Crippen molar-refractivity contribution in [2.75, 3.05) is 13.1 Å². The number of amides is 3. The summed E-state index contributed by atoms with van der Waals surface area (Å²) in [6.45, 7) is 9.45. The number of nitrogens with zero attached hydrogens (tertiary/aromatic N) is 1. The average Bonchev–Trinajstić information content (AvgIpc) is 3.03. The predicted octanol–water partition coefficient (Wildman–Crippen LogP) is 2.23. The highest BCUT2D eigenvalue weighted by atomic mass is 16.2. The summed E-state index contributed by atoms with van der Waals surface area (Å²) in [5.74, 6) is 0.282. The minimum Gasteiger partial charge on any atom is -0.336 e. The van der Waals surface area contributed by atoms with Gasteiger partial charge in [-0.2, -0.15) is 0 Å². The Morgan fingerprint density at radius 3 is 2.44 bits per heavy atom. The van der Waals surface area contributed by atoms with E-state index in [4.69, 9.17) is 0 Å². The van der Waals surface area contributed by atoms with Crippen molar-refractivity contribution in [1.29, 1.82) is 0 Å². The minimum absolute atomic E-state index is 0.111. The molecule has 0 spiro atoms. The van der Waals surface area contributed by atoms with Crippen molar-refractivity contribution in [3.05, 3.63) is 35.4 Å². The number of carbonyl (C=O) groups excluding carboxylic acids is 2. The maximum absolute atomic E-state index is 12.6. The van der Waals surface area contributed by atoms with Crippen LogP contribution in [0.15, 0.2) is 24.3 Å². The van der Waals surface area contributed by atoms with E-state index in [1.54, 1.807) is 0 Å². The third-order valence-electron chi connectivity index (χ3n) is 4.91. The van der Waals surface area contributed by atoms with Gasteiger partial charge in [-0.15, -0.1) is 0 Å². The molecule has 1 heterocycles. The Morgan fingerprint density at radius 1 is 1.24 bits per heavy atom. The maximum Gasteiger partial charge on any atom is 0.324 e. The van der Waals surface area contributed by atoms with Gasteiger partial charge in [0.1, 0.15) is 6.04 Å². The van der Waals surface area contributed by atoms with Gasteiger partial charge >= 0.3 is 6.03 Å². The van der Waals surface area contributed by atoms with Crippen molar-refractivity contribution in [1.82, 2.24) is 10.2 Å². The molecule has 1 saturated heterocycles. The molecule has 2 rings (SSSR count). The van der Waals surface area contributed by atoms with Crippen LogP contribution in [-0.4, -0.2) is 36.0 Å². The van der Waals surface area contributed by atoms with E-state index in [0.717, 1.165) is 6.42 Å². The molecule has 3 amide bonds. The number of nitrogens with one attached hydrogen (secondary N) is 1. The summed E-state index contributed by atoms with van der Waals surface area (Å²) >= 11 is 0. The van der Waals surface area contributed by atoms with Crippen molar-refractivity contribution in [2.24, 2.45) is 5.92 Å². The third kappa shape index (κ3) is 5.05. The molecule has 5 nitrogen and oxygen atoms in total. The van der Waals surface area contributed by atoms with Gasteiger partial charge in [-0.25, -0.2) is 4.79 Å². The highest BCUT2D eigenvalue weighted by molar-refractivity contribution is 5.97. The largest absolute Gasteiger partial charge is 0.336 e. The molecule has 1 aliphatic heterocycles. The van der Waals surface area contributed by atoms with E-state index in [0.29, 0.717) is 19.0 Å². The van der Waals surface area contributed by atoms with E-state index in [1.807, 2.05) is 6.92 Å². The number of benzene rings is 1. The first-order valence-corrected chi connectivity index (χ1v) is 9.47. The zero-order chi connectivity index (χ0) is 18.4. The Balaban J connectivity index is 2.04. The summed E-state index contributed by atoms with van der Waals surface area (Å²) in [6, 6.07) is 8.42. The van der Waals surface area contributed by atoms with Crippen LogP contribution in [0.4, 0.5) is 4.79 Å². The molecule has 1 aromatic carbocycles. The predicted molar refractivity (Wildman–Crippen MR) is 99.1 cm³/mol. The van der Waals surface area contributed by atoms with Gasteiger partial charge in [0.15, 0.2) is 6.04 Å². The third-order valence-corrected chi connectivity index (χ3v) is 4.91. The molecule has 3 N–H and O–H groups in total. The normalized spacial score (nSPS) is 16.8. The average molecular weight is 346 g/mol. The SMILES string of the molecule is CCCCc1ccc([C@@H]([NH2+][C@H](C)C(=O)N2CCNC2=O)C(C)C)cc1. The number of unbranched alkanes of at least 4 members (excludes halogenated alkanes) is 1. The van der Waals surface area contributed by atoms with E-state index in [1.165, 1.54) is 28.9 Å². The quantitative estimate of drug-likeness (QED) is 0.758. The number of nitrogens with two attached hydrogens (primary N) is 1. The van der Waals surface area contributed by atoms with Gasteiger partial charge in [0.05, 0.1) is 0 Å². The van der Waals surface area contributed by atoms with Crippen LogP contribution in [0, 0.1) is 5.92 Å². The zero-order valence-electron chi connectivity index (χ0n) is 15.9. The first-order valence-electron chi connectivity index (χ1n) is 9.47. The van der Waals surface area contributed by atoms with Gasteiger partial charge in [-0.1, -0.05) is 51.5 Å². The van der Waals surface area contributed by atoms with E-state index >= 15 is 0 Å². The van der Waals surface area contributed by atoms with Crippen molar-refractivity contribution in [3.8, 4) is 0 Å². The van der Waals surface area contributed by atoms with Crippen molar-refractivity contribution in [3.63, 3.8) is 0 Å². The van der Waals surface area contributed by atoms with Gasteiger partial charge in [0, 0.05) is 24.6 Å². The lowest BCUT2D eigenvalue weighted by Crippen LogP contribution is -2.93. The summed E-state index contributed by atoms with van der Waals surface area (Å²) in [5, 5.41) is 4.79. The summed E-state index contributed by atoms with van der Waals surface area (Å²) in [4.78, 5) is 25.6. The molecule has 0 unspecified atom stereocenters. The van der Waals surface area contributed by atoms with Gasteiger partial charge in [-0.05, 0) is 25.3 Å². The number of urea groups is 1. The molecule has 5 heteroatoms. The van der Waals surface area contributed by atoms with Crippen molar-refractivity contribution >= 4 is 11.9 Å². The smallest absolute Gasteiger partial charge is 0.324 e. The van der Waals surface area contributed by atoms with Crippen LogP contribution in [0.5, 0.6) is 0 Å². The van der Waals surface area contributed by atoms with Gasteiger partial charge in [0.25, 0.3) is 5.91 Å². The molecule has 25 heavy (non-hydrogen) atoms. The fraction of sp³-hybridized carbons (Fsp3) is 0.600. The highest BCUT2D eigenvalue weighted by Crippen LogP contribution is 2.19. The van der Waals surface area contributed by atoms with Crippen LogP contribution in [0.2, 0.25) is 0 Å². The number of aryl methyl sites for hydroxylation is 1. The lowest BCUT2D eigenvalue weighted by atomic mass is 9.93. The molecule has 1 aromatic rings. The molecule has 0 radical (unpaired) electrons. The molecule has 1 fully saturated rings. The summed E-state index contributed by atoms with van der Waals surface area (Å²) < 4.78 is 0. The first-order chi connectivity index (χ1) is 11.9. The van der Waals surface area contributed by atoms with Gasteiger partial charge < -0.3 is 10.6 Å². The zero-order valence-corrected chi connectivity index (χ0v) is 15.9. The summed E-state index contributed by atoms with van der Waals surface area (Å²) in [5.41, 5.74) is 2.60. The Kier molecular flexibility index (Phi) is 7.00. The van der Waals surface area contributed by atoms with Gasteiger partial charge in [0.2, 0.25) is 0 Å². The topological polar surface area (TPSA) is 66.0 Å². The summed E-state index contributed by atoms with van der Waals surface area (Å²) in [6.07, 6.45) is 3.53. The molecular formula is C20H32N3O2+. The van der Waals surface area contributed by atoms with Gasteiger partial charge in [-0.3, -0.25) is 9.69 Å². The maximum atomic E-state index is 12.6. The molecular weight excluding hydrogens is 314 g/mol.